The van der Waals surface area contributed by atoms with Crippen LogP contribution in [0.25, 0.3) is 0 Å². The summed E-state index contributed by atoms with van der Waals surface area (Å²) in [5.41, 5.74) is -3.05. The third kappa shape index (κ3) is 4.89. The minimum Gasteiger partial charge on any atom is -0.376 e. The van der Waals surface area contributed by atoms with Gasteiger partial charge in [0.2, 0.25) is 0 Å². The van der Waals surface area contributed by atoms with Crippen molar-refractivity contribution in [2.75, 3.05) is 20.6 Å². The molecule has 0 aliphatic rings. The van der Waals surface area contributed by atoms with Crippen molar-refractivity contribution in [1.82, 2.24) is 10.6 Å². The van der Waals surface area contributed by atoms with Crippen LogP contribution in [0.15, 0.2) is 35.3 Å². The van der Waals surface area contributed by atoms with Gasteiger partial charge in [0, 0.05) is 27.1 Å². The zero-order valence-corrected chi connectivity index (χ0v) is 13.5. The van der Waals surface area contributed by atoms with Crippen molar-refractivity contribution in [3.63, 3.8) is 0 Å². The second kappa shape index (κ2) is 8.23. The highest BCUT2D eigenvalue weighted by Crippen LogP contribution is 2.41. The molecule has 1 rings (SSSR count). The van der Waals surface area contributed by atoms with Crippen molar-refractivity contribution >= 4 is 22.9 Å². The Morgan fingerprint density at radius 2 is 1.81 bits per heavy atom. The van der Waals surface area contributed by atoms with Crippen LogP contribution in [-0.2, 0) is 5.60 Å². The third-order valence-electron chi connectivity index (χ3n) is 2.96. The van der Waals surface area contributed by atoms with E-state index in [4.69, 9.17) is 0 Å². The molecule has 0 bridgehead atoms. The fourth-order valence-electron chi connectivity index (χ4n) is 1.80. The Bertz CT molecular complexity index is 454. The van der Waals surface area contributed by atoms with Crippen LogP contribution in [-0.4, -0.2) is 37.9 Å². The summed E-state index contributed by atoms with van der Waals surface area (Å²) in [5.74, 6) is 0.364. The maximum absolute atomic E-state index is 13.2. The molecule has 3 N–H and O–H groups in total. The first-order valence-corrected chi connectivity index (χ1v) is 6.08. The zero-order chi connectivity index (χ0) is 15.2. The van der Waals surface area contributed by atoms with Crippen molar-refractivity contribution in [3.05, 3.63) is 35.9 Å². The lowest BCUT2D eigenvalue weighted by molar-refractivity contribution is -0.268. The van der Waals surface area contributed by atoms with E-state index in [1.54, 1.807) is 13.1 Å². The standard InChI is InChI=1S/C13H18F3N3O.BrH/c1-17-11(18-2)19-9-8-12(20,13(14,15)16)10-6-4-3-5-7-10;/h3-7,20H,8-9H2,1-2H3,(H2,17,18,19);1H. The topological polar surface area (TPSA) is 56.7 Å². The fourth-order valence-corrected chi connectivity index (χ4v) is 1.80. The number of nitrogens with one attached hydrogen (secondary N) is 2. The van der Waals surface area contributed by atoms with Gasteiger partial charge in [-0.05, 0) is 5.56 Å². The summed E-state index contributed by atoms with van der Waals surface area (Å²) in [6, 6.07) is 7.06. The number of benzene rings is 1. The minimum atomic E-state index is -4.75. The highest BCUT2D eigenvalue weighted by Gasteiger charge is 2.54. The Morgan fingerprint density at radius 1 is 1.24 bits per heavy atom. The number of aliphatic imine (C=N–C) groups is 1. The molecule has 0 fully saturated rings. The monoisotopic (exact) mass is 369 g/mol. The molecule has 0 aromatic heterocycles. The molecule has 0 saturated carbocycles. The van der Waals surface area contributed by atoms with Crippen molar-refractivity contribution in [2.45, 2.75) is 18.2 Å². The van der Waals surface area contributed by atoms with E-state index in [0.29, 0.717) is 5.96 Å². The maximum Gasteiger partial charge on any atom is 0.421 e. The maximum atomic E-state index is 13.2. The Morgan fingerprint density at radius 3 is 2.24 bits per heavy atom. The molecule has 1 aromatic carbocycles. The Kier molecular flexibility index (Phi) is 7.73. The number of aliphatic hydroxyl groups is 1. The quantitative estimate of drug-likeness (QED) is 0.563. The van der Waals surface area contributed by atoms with Gasteiger partial charge in [0.15, 0.2) is 11.6 Å². The van der Waals surface area contributed by atoms with E-state index in [-0.39, 0.29) is 29.1 Å². The normalized spacial score (nSPS) is 14.9. The van der Waals surface area contributed by atoms with Crippen LogP contribution in [0, 0.1) is 0 Å². The van der Waals surface area contributed by atoms with E-state index in [1.165, 1.54) is 31.3 Å². The molecule has 4 nitrogen and oxygen atoms in total. The van der Waals surface area contributed by atoms with Crippen molar-refractivity contribution in [2.24, 2.45) is 4.99 Å². The summed E-state index contributed by atoms with van der Waals surface area (Å²) in [7, 11) is 3.11. The fraction of sp³-hybridized carbons (Fsp3) is 0.462. The number of guanidine groups is 1. The van der Waals surface area contributed by atoms with E-state index >= 15 is 0 Å². The average molecular weight is 370 g/mol. The van der Waals surface area contributed by atoms with Gasteiger partial charge >= 0.3 is 6.18 Å². The van der Waals surface area contributed by atoms with Crippen molar-refractivity contribution in [3.8, 4) is 0 Å². The van der Waals surface area contributed by atoms with Gasteiger partial charge in [0.1, 0.15) is 0 Å². The second-order valence-electron chi connectivity index (χ2n) is 4.22. The first-order chi connectivity index (χ1) is 9.35. The molecule has 21 heavy (non-hydrogen) atoms. The van der Waals surface area contributed by atoms with Crippen LogP contribution in [0.3, 0.4) is 0 Å². The SMILES string of the molecule is Br.CN=C(NC)NCCC(O)(c1ccccc1)C(F)(F)F. The van der Waals surface area contributed by atoms with Crippen LogP contribution < -0.4 is 10.6 Å². The first kappa shape index (κ1) is 19.7. The van der Waals surface area contributed by atoms with Crippen molar-refractivity contribution < 1.29 is 18.3 Å². The van der Waals surface area contributed by atoms with E-state index in [9.17, 15) is 18.3 Å². The molecule has 0 spiro atoms. The summed E-state index contributed by atoms with van der Waals surface area (Å²) >= 11 is 0. The van der Waals surface area contributed by atoms with Crippen LogP contribution in [0.2, 0.25) is 0 Å². The third-order valence-corrected chi connectivity index (χ3v) is 2.96. The molecule has 0 saturated heterocycles. The van der Waals surface area contributed by atoms with Crippen LogP contribution in [0.1, 0.15) is 12.0 Å². The minimum absolute atomic E-state index is 0. The van der Waals surface area contributed by atoms with Crippen molar-refractivity contribution in [1.29, 1.82) is 0 Å². The molecule has 1 unspecified atom stereocenters. The molecule has 0 amide bonds. The molecule has 1 atom stereocenters. The Hall–Kier alpha value is -1.28. The smallest absolute Gasteiger partial charge is 0.376 e. The molecule has 0 heterocycles. The number of rotatable bonds is 4. The largest absolute Gasteiger partial charge is 0.421 e. The van der Waals surface area contributed by atoms with Gasteiger partial charge in [0.05, 0.1) is 0 Å². The highest BCUT2D eigenvalue weighted by molar-refractivity contribution is 8.93. The Balaban J connectivity index is 0.00000400. The molecule has 1 aromatic rings. The molecule has 8 heteroatoms. The summed E-state index contributed by atoms with van der Waals surface area (Å²) in [5, 5.41) is 15.4. The lowest BCUT2D eigenvalue weighted by Gasteiger charge is -2.31. The number of alkyl halides is 3. The van der Waals surface area contributed by atoms with Gasteiger partial charge in [0.25, 0.3) is 0 Å². The van der Waals surface area contributed by atoms with E-state index < -0.39 is 18.2 Å². The summed E-state index contributed by atoms with van der Waals surface area (Å²) < 4.78 is 39.5. The molecular weight excluding hydrogens is 351 g/mol. The average Bonchev–Trinajstić information content (AvgIpc) is 2.43. The number of halogens is 4. The summed E-state index contributed by atoms with van der Waals surface area (Å²) in [6.07, 6.45) is -5.26. The van der Waals surface area contributed by atoms with Gasteiger partial charge in [-0.3, -0.25) is 4.99 Å². The highest BCUT2D eigenvalue weighted by atomic mass is 79.9. The van der Waals surface area contributed by atoms with Gasteiger partial charge in [-0.1, -0.05) is 30.3 Å². The predicted octanol–water partition coefficient (Wildman–Crippen LogP) is 2.20. The van der Waals surface area contributed by atoms with Gasteiger partial charge in [-0.2, -0.15) is 13.2 Å². The van der Waals surface area contributed by atoms with Crippen LogP contribution >= 0.6 is 17.0 Å². The first-order valence-electron chi connectivity index (χ1n) is 6.08. The predicted molar refractivity (Wildman–Crippen MR) is 81.8 cm³/mol. The molecule has 0 aliphatic heterocycles. The molecule has 0 radical (unpaired) electrons. The molecule has 120 valence electrons. The van der Waals surface area contributed by atoms with Crippen LogP contribution in [0.4, 0.5) is 13.2 Å². The van der Waals surface area contributed by atoms with E-state index in [0.717, 1.165) is 0 Å². The van der Waals surface area contributed by atoms with Gasteiger partial charge < -0.3 is 15.7 Å². The number of hydrogen-bond donors (Lipinski definition) is 3. The summed E-state index contributed by atoms with van der Waals surface area (Å²) in [4.78, 5) is 3.79. The van der Waals surface area contributed by atoms with E-state index in [1.807, 2.05) is 0 Å². The number of nitrogens with zero attached hydrogens (tertiary/aromatic N) is 1. The van der Waals surface area contributed by atoms with Gasteiger partial charge in [-0.25, -0.2) is 0 Å². The second-order valence-corrected chi connectivity index (χ2v) is 4.22. The molecular formula is C13H19BrF3N3O. The van der Waals surface area contributed by atoms with E-state index in [2.05, 4.69) is 15.6 Å². The Labute approximate surface area is 132 Å². The lowest BCUT2D eigenvalue weighted by atomic mass is 9.89. The molecule has 0 aliphatic carbocycles. The van der Waals surface area contributed by atoms with Gasteiger partial charge in [-0.15, -0.1) is 17.0 Å². The number of hydrogen-bond acceptors (Lipinski definition) is 2. The van der Waals surface area contributed by atoms with Crippen LogP contribution in [0.5, 0.6) is 0 Å². The lowest BCUT2D eigenvalue weighted by Crippen LogP contribution is -2.46. The zero-order valence-electron chi connectivity index (χ0n) is 11.7. The summed E-state index contributed by atoms with van der Waals surface area (Å²) in [6.45, 7) is -0.0710.